The molecule has 1 aromatic carbocycles. The van der Waals surface area contributed by atoms with E-state index >= 15 is 0 Å². The molecule has 0 spiro atoms. The van der Waals surface area contributed by atoms with Gasteiger partial charge in [0.15, 0.2) is 10.6 Å². The van der Waals surface area contributed by atoms with Crippen molar-refractivity contribution in [3.05, 3.63) is 52.4 Å². The SMILES string of the molecule is CC(C(=O)NCC1CCN(c2ccc(F)cc2)C1)n1c(-c2cccs2)n[nH]c1=S. The Morgan fingerprint density at radius 3 is 2.93 bits per heavy atom. The van der Waals surface area contributed by atoms with Crippen LogP contribution in [0.5, 0.6) is 0 Å². The average Bonchev–Trinajstić information content (AvgIpc) is 3.47. The molecule has 2 N–H and O–H groups in total. The summed E-state index contributed by atoms with van der Waals surface area (Å²) >= 11 is 6.90. The molecule has 29 heavy (non-hydrogen) atoms. The molecule has 1 amide bonds. The Bertz CT molecular complexity index is 1030. The molecule has 6 nitrogen and oxygen atoms in total. The Balaban J connectivity index is 1.36. The van der Waals surface area contributed by atoms with Crippen molar-refractivity contribution < 1.29 is 9.18 Å². The van der Waals surface area contributed by atoms with Crippen LogP contribution >= 0.6 is 23.6 Å². The van der Waals surface area contributed by atoms with Crippen molar-refractivity contribution in [3.63, 3.8) is 0 Å². The number of amides is 1. The molecule has 1 aliphatic rings. The number of benzene rings is 1. The molecule has 3 aromatic rings. The van der Waals surface area contributed by atoms with E-state index in [1.54, 1.807) is 28.0 Å². The number of halogens is 1. The van der Waals surface area contributed by atoms with Crippen LogP contribution in [-0.2, 0) is 4.79 Å². The Morgan fingerprint density at radius 1 is 1.41 bits per heavy atom. The van der Waals surface area contributed by atoms with Crippen LogP contribution in [0.25, 0.3) is 10.7 Å². The van der Waals surface area contributed by atoms with E-state index in [1.165, 1.54) is 12.1 Å². The summed E-state index contributed by atoms with van der Waals surface area (Å²) in [7, 11) is 0. The molecular weight excluding hydrogens is 409 g/mol. The van der Waals surface area contributed by atoms with Gasteiger partial charge < -0.3 is 10.2 Å². The largest absolute Gasteiger partial charge is 0.371 e. The van der Waals surface area contributed by atoms with E-state index in [4.69, 9.17) is 12.2 Å². The van der Waals surface area contributed by atoms with Gasteiger partial charge in [-0.15, -0.1) is 11.3 Å². The number of nitrogens with one attached hydrogen (secondary N) is 2. The van der Waals surface area contributed by atoms with Crippen molar-refractivity contribution in [1.82, 2.24) is 20.1 Å². The molecule has 0 radical (unpaired) electrons. The van der Waals surface area contributed by atoms with Gasteiger partial charge in [0.2, 0.25) is 5.91 Å². The molecule has 3 heterocycles. The summed E-state index contributed by atoms with van der Waals surface area (Å²) in [6, 6.07) is 9.99. The van der Waals surface area contributed by atoms with Gasteiger partial charge in [0.1, 0.15) is 11.9 Å². The molecule has 2 aromatic heterocycles. The van der Waals surface area contributed by atoms with E-state index in [9.17, 15) is 9.18 Å². The minimum absolute atomic E-state index is 0.0828. The summed E-state index contributed by atoms with van der Waals surface area (Å²) in [5.41, 5.74) is 1.01. The molecule has 0 bridgehead atoms. The summed E-state index contributed by atoms with van der Waals surface area (Å²) in [5.74, 6) is 0.715. The van der Waals surface area contributed by atoms with Crippen molar-refractivity contribution in [2.75, 3.05) is 24.5 Å². The fourth-order valence-electron chi connectivity index (χ4n) is 3.64. The third-order valence-corrected chi connectivity index (χ3v) is 6.41. The van der Waals surface area contributed by atoms with Gasteiger partial charge in [-0.2, -0.15) is 5.10 Å². The van der Waals surface area contributed by atoms with Crippen molar-refractivity contribution in [2.24, 2.45) is 5.92 Å². The van der Waals surface area contributed by atoms with Crippen molar-refractivity contribution in [1.29, 1.82) is 0 Å². The maximum atomic E-state index is 13.1. The number of hydrogen-bond acceptors (Lipinski definition) is 5. The predicted octanol–water partition coefficient (Wildman–Crippen LogP) is 4.01. The average molecular weight is 432 g/mol. The highest BCUT2D eigenvalue weighted by Gasteiger charge is 2.25. The lowest BCUT2D eigenvalue weighted by Gasteiger charge is -2.20. The van der Waals surface area contributed by atoms with Gasteiger partial charge in [0.25, 0.3) is 0 Å². The molecular formula is C20H22FN5OS2. The summed E-state index contributed by atoms with van der Waals surface area (Å²) < 4.78 is 15.3. The molecule has 0 aliphatic carbocycles. The monoisotopic (exact) mass is 431 g/mol. The van der Waals surface area contributed by atoms with Gasteiger partial charge >= 0.3 is 0 Å². The van der Waals surface area contributed by atoms with Gasteiger partial charge in [0, 0.05) is 25.3 Å². The number of H-pyrrole nitrogens is 1. The first kappa shape index (κ1) is 19.8. The first-order valence-electron chi connectivity index (χ1n) is 9.52. The van der Waals surface area contributed by atoms with E-state index in [-0.39, 0.29) is 11.7 Å². The van der Waals surface area contributed by atoms with E-state index < -0.39 is 6.04 Å². The maximum absolute atomic E-state index is 13.1. The number of aromatic nitrogens is 3. The van der Waals surface area contributed by atoms with Crippen LogP contribution in [0.2, 0.25) is 0 Å². The molecule has 0 saturated carbocycles. The molecule has 4 rings (SSSR count). The maximum Gasteiger partial charge on any atom is 0.242 e. The van der Waals surface area contributed by atoms with Crippen LogP contribution in [0.15, 0.2) is 41.8 Å². The number of hydrogen-bond donors (Lipinski definition) is 2. The normalized spacial score (nSPS) is 17.4. The van der Waals surface area contributed by atoms with Gasteiger partial charge in [-0.1, -0.05) is 6.07 Å². The minimum Gasteiger partial charge on any atom is -0.371 e. The lowest BCUT2D eigenvalue weighted by Crippen LogP contribution is -2.35. The molecule has 2 atom stereocenters. The lowest BCUT2D eigenvalue weighted by atomic mass is 10.1. The number of carbonyl (C=O) groups excluding carboxylic acids is 1. The van der Waals surface area contributed by atoms with Crippen molar-refractivity contribution in [3.8, 4) is 10.7 Å². The highest BCUT2D eigenvalue weighted by molar-refractivity contribution is 7.71. The highest BCUT2D eigenvalue weighted by Crippen LogP contribution is 2.26. The first-order chi connectivity index (χ1) is 14.0. The predicted molar refractivity (Wildman–Crippen MR) is 115 cm³/mol. The number of thiophene rings is 1. The highest BCUT2D eigenvalue weighted by atomic mass is 32.1. The summed E-state index contributed by atoms with van der Waals surface area (Å²) in [6.45, 7) is 4.17. The zero-order valence-electron chi connectivity index (χ0n) is 16.0. The number of nitrogens with zero attached hydrogens (tertiary/aromatic N) is 3. The number of rotatable bonds is 6. The fraction of sp³-hybridized carbons (Fsp3) is 0.350. The Labute approximate surface area is 177 Å². The minimum atomic E-state index is -0.465. The van der Waals surface area contributed by atoms with Crippen molar-refractivity contribution >= 4 is 35.1 Å². The molecule has 1 saturated heterocycles. The molecule has 1 fully saturated rings. The number of anilines is 1. The van der Waals surface area contributed by atoms with Crippen LogP contribution in [-0.4, -0.2) is 40.3 Å². The Morgan fingerprint density at radius 2 is 2.21 bits per heavy atom. The third kappa shape index (κ3) is 4.25. The zero-order chi connectivity index (χ0) is 20.4. The van der Waals surface area contributed by atoms with E-state index in [0.717, 1.165) is 30.1 Å². The standard InChI is InChI=1S/C20H22FN5OS2/c1-13(26-18(23-24-20(26)28)17-3-2-10-29-17)19(27)22-11-14-8-9-25(12-14)16-6-4-15(21)5-7-16/h2-7,10,13-14H,8-9,11-12H2,1H3,(H,22,27)(H,24,28). The quantitative estimate of drug-likeness (QED) is 0.579. The van der Waals surface area contributed by atoms with Crippen LogP contribution in [0, 0.1) is 16.5 Å². The van der Waals surface area contributed by atoms with Crippen LogP contribution in [0.1, 0.15) is 19.4 Å². The van der Waals surface area contributed by atoms with Gasteiger partial charge in [-0.05, 0) is 67.2 Å². The second kappa shape index (κ2) is 8.46. The topological polar surface area (TPSA) is 66.0 Å². The zero-order valence-corrected chi connectivity index (χ0v) is 17.6. The first-order valence-corrected chi connectivity index (χ1v) is 10.8. The summed E-state index contributed by atoms with van der Waals surface area (Å²) in [5, 5.41) is 12.1. The molecule has 1 aliphatic heterocycles. The van der Waals surface area contributed by atoms with Gasteiger partial charge in [-0.25, -0.2) is 4.39 Å². The van der Waals surface area contributed by atoms with Crippen LogP contribution < -0.4 is 10.2 Å². The number of aromatic amines is 1. The van der Waals surface area contributed by atoms with Crippen LogP contribution in [0.3, 0.4) is 0 Å². The van der Waals surface area contributed by atoms with Gasteiger partial charge in [-0.3, -0.25) is 14.5 Å². The lowest BCUT2D eigenvalue weighted by molar-refractivity contribution is -0.124. The van der Waals surface area contributed by atoms with Gasteiger partial charge in [0.05, 0.1) is 4.88 Å². The second-order valence-electron chi connectivity index (χ2n) is 7.20. The van der Waals surface area contributed by atoms with E-state index in [2.05, 4.69) is 20.4 Å². The molecule has 2 unspecified atom stereocenters. The number of carbonyl (C=O) groups is 1. The molecule has 9 heteroatoms. The van der Waals surface area contributed by atoms with E-state index in [0.29, 0.717) is 23.1 Å². The summed E-state index contributed by atoms with van der Waals surface area (Å²) in [4.78, 5) is 16.0. The third-order valence-electron chi connectivity index (χ3n) is 5.26. The Hall–Kier alpha value is -2.52. The summed E-state index contributed by atoms with van der Waals surface area (Å²) in [6.07, 6.45) is 0.984. The van der Waals surface area contributed by atoms with Crippen LogP contribution in [0.4, 0.5) is 10.1 Å². The second-order valence-corrected chi connectivity index (χ2v) is 8.53. The Kier molecular flexibility index (Phi) is 5.77. The van der Waals surface area contributed by atoms with E-state index in [1.807, 2.05) is 24.4 Å². The fourth-order valence-corrected chi connectivity index (χ4v) is 4.64. The van der Waals surface area contributed by atoms with Crippen molar-refractivity contribution in [2.45, 2.75) is 19.4 Å². The molecule has 152 valence electrons. The smallest absolute Gasteiger partial charge is 0.242 e.